The van der Waals surface area contributed by atoms with E-state index in [1.54, 1.807) is 36.2 Å². The normalized spacial score (nSPS) is 12.7. The zero-order valence-electron chi connectivity index (χ0n) is 15.0. The predicted molar refractivity (Wildman–Crippen MR) is 96.8 cm³/mol. The molecule has 0 aromatic carbocycles. The molecule has 0 saturated heterocycles. The minimum Gasteiger partial charge on any atom is -0.464 e. The topological polar surface area (TPSA) is 126 Å². The quantitative estimate of drug-likeness (QED) is 0.513. The molecule has 10 nitrogen and oxygen atoms in total. The Morgan fingerprint density at radius 1 is 1.33 bits per heavy atom. The monoisotopic (exact) mass is 369 g/mol. The second-order valence-corrected chi connectivity index (χ2v) is 6.02. The Labute approximate surface area is 153 Å². The molecule has 10 heteroatoms. The Morgan fingerprint density at radius 3 is 2.89 bits per heavy atom. The Morgan fingerprint density at radius 2 is 2.19 bits per heavy atom. The Hall–Kier alpha value is -3.43. The standard InChI is InChI=1S/C17H19N7O3/c1-3-6-11(16(25)26-4-2)23-9-10-13(21-23)20-17(18)24-15(10)19-14(22-24)12-7-5-8-27-12/h5,7-9,11H,3-4,6H2,1-2H3,(H2,18,20,21). The Kier molecular flexibility index (Phi) is 4.22. The van der Waals surface area contributed by atoms with Crippen LogP contribution in [0.4, 0.5) is 5.95 Å². The van der Waals surface area contributed by atoms with Crippen molar-refractivity contribution in [2.24, 2.45) is 0 Å². The molecule has 0 amide bonds. The number of nitrogens with zero attached hydrogens (tertiary/aromatic N) is 6. The molecule has 0 aliphatic heterocycles. The fraction of sp³-hybridized carbons (Fsp3) is 0.353. The zero-order valence-corrected chi connectivity index (χ0v) is 15.0. The van der Waals surface area contributed by atoms with E-state index in [0.717, 1.165) is 6.42 Å². The minimum atomic E-state index is -0.530. The molecular weight excluding hydrogens is 350 g/mol. The van der Waals surface area contributed by atoms with E-state index in [9.17, 15) is 4.79 Å². The molecule has 0 aliphatic carbocycles. The van der Waals surface area contributed by atoms with Crippen LogP contribution < -0.4 is 5.73 Å². The summed E-state index contributed by atoms with van der Waals surface area (Å²) in [6, 6.07) is 2.99. The Bertz CT molecular complexity index is 1100. The average Bonchev–Trinajstić information content (AvgIpc) is 3.37. The molecule has 4 heterocycles. The number of ether oxygens (including phenoxy) is 1. The summed E-state index contributed by atoms with van der Waals surface area (Å²) in [5, 5.41) is 9.43. The third-order valence-electron chi connectivity index (χ3n) is 4.18. The number of esters is 1. The van der Waals surface area contributed by atoms with Gasteiger partial charge in [-0.25, -0.2) is 9.78 Å². The van der Waals surface area contributed by atoms with Gasteiger partial charge in [-0.2, -0.15) is 14.6 Å². The maximum absolute atomic E-state index is 12.3. The van der Waals surface area contributed by atoms with Crippen LogP contribution in [-0.4, -0.2) is 41.9 Å². The highest BCUT2D eigenvalue weighted by Gasteiger charge is 2.24. The first-order valence-corrected chi connectivity index (χ1v) is 8.74. The van der Waals surface area contributed by atoms with Gasteiger partial charge < -0.3 is 14.9 Å². The molecule has 140 valence electrons. The molecule has 4 rings (SSSR count). The summed E-state index contributed by atoms with van der Waals surface area (Å²) >= 11 is 0. The van der Waals surface area contributed by atoms with Crippen LogP contribution in [0.15, 0.2) is 29.0 Å². The summed E-state index contributed by atoms with van der Waals surface area (Å²) in [5.41, 5.74) is 6.91. The highest BCUT2D eigenvalue weighted by molar-refractivity contribution is 5.90. The van der Waals surface area contributed by atoms with Gasteiger partial charge in [-0.1, -0.05) is 13.3 Å². The van der Waals surface area contributed by atoms with Crippen molar-refractivity contribution in [3.05, 3.63) is 24.6 Å². The summed E-state index contributed by atoms with van der Waals surface area (Å²) < 4.78 is 13.5. The van der Waals surface area contributed by atoms with E-state index in [2.05, 4.69) is 20.2 Å². The number of hydrogen-bond acceptors (Lipinski definition) is 8. The number of carbonyl (C=O) groups excluding carboxylic acids is 1. The molecule has 0 radical (unpaired) electrons. The molecule has 0 aliphatic rings. The van der Waals surface area contributed by atoms with E-state index in [1.165, 1.54) is 4.52 Å². The lowest BCUT2D eigenvalue weighted by molar-refractivity contribution is -0.147. The maximum atomic E-state index is 12.3. The number of anilines is 1. The molecule has 27 heavy (non-hydrogen) atoms. The van der Waals surface area contributed by atoms with E-state index in [4.69, 9.17) is 14.9 Å². The van der Waals surface area contributed by atoms with Crippen LogP contribution >= 0.6 is 0 Å². The van der Waals surface area contributed by atoms with Crippen LogP contribution in [0.2, 0.25) is 0 Å². The van der Waals surface area contributed by atoms with Crippen molar-refractivity contribution in [2.45, 2.75) is 32.7 Å². The van der Waals surface area contributed by atoms with Gasteiger partial charge >= 0.3 is 5.97 Å². The van der Waals surface area contributed by atoms with Gasteiger partial charge in [0.15, 0.2) is 17.1 Å². The molecular formula is C17H19N7O3. The lowest BCUT2D eigenvalue weighted by atomic mass is 10.2. The van der Waals surface area contributed by atoms with E-state index < -0.39 is 6.04 Å². The summed E-state index contributed by atoms with van der Waals surface area (Å²) in [6.45, 7) is 4.09. The molecule has 2 N–H and O–H groups in total. The van der Waals surface area contributed by atoms with E-state index in [-0.39, 0.29) is 11.9 Å². The zero-order chi connectivity index (χ0) is 19.0. The summed E-state index contributed by atoms with van der Waals surface area (Å²) in [5.74, 6) is 0.739. The van der Waals surface area contributed by atoms with Gasteiger partial charge in [-0.3, -0.25) is 4.68 Å². The first kappa shape index (κ1) is 17.0. The van der Waals surface area contributed by atoms with Gasteiger partial charge in [0, 0.05) is 6.20 Å². The fourth-order valence-corrected chi connectivity index (χ4v) is 2.96. The first-order valence-electron chi connectivity index (χ1n) is 8.74. The molecule has 0 spiro atoms. The van der Waals surface area contributed by atoms with Crippen molar-refractivity contribution in [1.82, 2.24) is 29.4 Å². The van der Waals surface area contributed by atoms with Crippen molar-refractivity contribution in [3.63, 3.8) is 0 Å². The van der Waals surface area contributed by atoms with Gasteiger partial charge in [0.1, 0.15) is 6.04 Å². The van der Waals surface area contributed by atoms with Crippen LogP contribution in [0.5, 0.6) is 0 Å². The number of carbonyl (C=O) groups is 1. The molecule has 1 unspecified atom stereocenters. The van der Waals surface area contributed by atoms with Crippen molar-refractivity contribution in [2.75, 3.05) is 12.3 Å². The lowest BCUT2D eigenvalue weighted by Crippen LogP contribution is -2.22. The van der Waals surface area contributed by atoms with Crippen LogP contribution in [0.25, 0.3) is 28.3 Å². The number of aromatic nitrogens is 6. The second-order valence-electron chi connectivity index (χ2n) is 6.02. The average molecular weight is 369 g/mol. The van der Waals surface area contributed by atoms with Gasteiger partial charge in [-0.05, 0) is 25.5 Å². The number of nitrogen functional groups attached to an aromatic ring is 1. The smallest absolute Gasteiger partial charge is 0.330 e. The SMILES string of the molecule is CCCC(C(=O)OCC)n1cc2c(nc(N)n3nc(-c4ccco4)nc23)n1. The van der Waals surface area contributed by atoms with Gasteiger partial charge in [0.05, 0.1) is 18.3 Å². The highest BCUT2D eigenvalue weighted by atomic mass is 16.5. The number of furan rings is 1. The highest BCUT2D eigenvalue weighted by Crippen LogP contribution is 2.25. The number of nitrogens with two attached hydrogens (primary N) is 1. The number of hydrogen-bond donors (Lipinski definition) is 1. The van der Waals surface area contributed by atoms with E-state index >= 15 is 0 Å². The minimum absolute atomic E-state index is 0.149. The molecule has 0 bridgehead atoms. The van der Waals surface area contributed by atoms with Gasteiger partial charge in [-0.15, -0.1) is 5.10 Å². The lowest BCUT2D eigenvalue weighted by Gasteiger charge is -2.14. The van der Waals surface area contributed by atoms with E-state index in [0.29, 0.717) is 41.3 Å². The molecule has 1 atom stereocenters. The molecule has 0 fully saturated rings. The fourth-order valence-electron chi connectivity index (χ4n) is 2.96. The van der Waals surface area contributed by atoms with Crippen LogP contribution in [0, 0.1) is 0 Å². The van der Waals surface area contributed by atoms with Crippen molar-refractivity contribution in [3.8, 4) is 11.6 Å². The summed E-state index contributed by atoms with van der Waals surface area (Å²) in [4.78, 5) is 21.1. The van der Waals surface area contributed by atoms with Crippen molar-refractivity contribution in [1.29, 1.82) is 0 Å². The second kappa shape index (κ2) is 6.71. The third-order valence-corrected chi connectivity index (χ3v) is 4.18. The first-order chi connectivity index (χ1) is 13.1. The van der Waals surface area contributed by atoms with Gasteiger partial charge in [0.2, 0.25) is 11.8 Å². The summed E-state index contributed by atoms with van der Waals surface area (Å²) in [6.07, 6.45) is 4.68. The van der Waals surface area contributed by atoms with Crippen LogP contribution in [0.1, 0.15) is 32.7 Å². The van der Waals surface area contributed by atoms with Crippen LogP contribution in [-0.2, 0) is 9.53 Å². The van der Waals surface area contributed by atoms with Crippen LogP contribution in [0.3, 0.4) is 0 Å². The molecule has 4 aromatic heterocycles. The maximum Gasteiger partial charge on any atom is 0.330 e. The summed E-state index contributed by atoms with van der Waals surface area (Å²) in [7, 11) is 0. The van der Waals surface area contributed by atoms with Crippen molar-refractivity contribution >= 4 is 28.6 Å². The van der Waals surface area contributed by atoms with Gasteiger partial charge in [0.25, 0.3) is 0 Å². The molecule has 0 saturated carbocycles. The Balaban J connectivity index is 1.86. The molecule has 4 aromatic rings. The van der Waals surface area contributed by atoms with Crippen molar-refractivity contribution < 1.29 is 13.9 Å². The largest absolute Gasteiger partial charge is 0.464 e. The third kappa shape index (κ3) is 2.88. The number of rotatable bonds is 6. The van der Waals surface area contributed by atoms with E-state index in [1.807, 2.05) is 6.92 Å². The predicted octanol–water partition coefficient (Wildman–Crippen LogP) is 2.22. The number of fused-ring (bicyclic) bond motifs is 3.